The molecule has 0 nitrogen and oxygen atoms in total. The fourth-order valence-corrected chi connectivity index (χ4v) is 8.61. The highest BCUT2D eigenvalue weighted by molar-refractivity contribution is 7.34. The van der Waals surface area contributed by atoms with Crippen LogP contribution in [-0.4, -0.2) is 0 Å². The summed E-state index contributed by atoms with van der Waals surface area (Å²) in [6.07, 6.45) is 16.5. The van der Waals surface area contributed by atoms with Gasteiger partial charge in [-0.1, -0.05) is 60.8 Å². The van der Waals surface area contributed by atoms with E-state index in [0.717, 1.165) is 0 Å². The van der Waals surface area contributed by atoms with E-state index in [1.165, 1.54) is 59.9 Å². The van der Waals surface area contributed by atoms with Gasteiger partial charge in [0.05, 0.1) is 9.40 Å². The second-order valence-electron chi connectivity index (χ2n) is 7.69. The monoisotopic (exact) mass is 486 g/mol. The van der Waals surface area contributed by atoms with Crippen LogP contribution in [-0.2, 0) is 0 Å². The molecule has 5 aromatic rings. The lowest BCUT2D eigenvalue weighted by atomic mass is 10.2. The largest absolute Gasteiger partial charge is 0.134 e. The molecule has 5 rings (SSSR count). The van der Waals surface area contributed by atoms with Crippen molar-refractivity contribution in [2.24, 2.45) is 0 Å². The van der Waals surface area contributed by atoms with Gasteiger partial charge in [0, 0.05) is 39.3 Å². The first kappa shape index (κ1) is 21.4. The molecule has 32 heavy (non-hydrogen) atoms. The van der Waals surface area contributed by atoms with Crippen LogP contribution in [0, 0.1) is 0 Å². The lowest BCUT2D eigenvalue weighted by Crippen LogP contribution is -1.66. The topological polar surface area (TPSA) is 0 Å². The second-order valence-corrected chi connectivity index (χ2v) is 12.0. The van der Waals surface area contributed by atoms with E-state index in [1.54, 1.807) is 0 Å². The van der Waals surface area contributed by atoms with Crippen molar-refractivity contribution in [2.75, 3.05) is 0 Å². The predicted octanol–water partition coefficient (Wildman–Crippen LogP) is 10.8. The normalized spacial score (nSPS) is 13.7. The van der Waals surface area contributed by atoms with Crippen molar-refractivity contribution in [1.82, 2.24) is 0 Å². The average Bonchev–Trinajstić information content (AvgIpc) is 3.49. The molecular weight excluding hydrogens is 465 g/mol. The molecular formula is C28H22S4. The molecule has 0 amide bonds. The van der Waals surface area contributed by atoms with Crippen LogP contribution in [0.3, 0.4) is 0 Å². The van der Waals surface area contributed by atoms with E-state index in [0.29, 0.717) is 0 Å². The van der Waals surface area contributed by atoms with E-state index >= 15 is 0 Å². The van der Waals surface area contributed by atoms with Crippen LogP contribution in [0.5, 0.6) is 0 Å². The van der Waals surface area contributed by atoms with Crippen molar-refractivity contribution in [3.63, 3.8) is 0 Å². The Hall–Kier alpha value is -2.50. The summed E-state index contributed by atoms with van der Waals surface area (Å²) in [4.78, 5) is 2.60. The van der Waals surface area contributed by atoms with Crippen LogP contribution in [0.2, 0.25) is 0 Å². The number of benzene rings is 1. The molecule has 0 bridgehead atoms. The number of thiophene rings is 4. The molecule has 0 saturated heterocycles. The van der Waals surface area contributed by atoms with E-state index in [-0.39, 0.29) is 0 Å². The molecule has 4 aromatic heterocycles. The van der Waals surface area contributed by atoms with Gasteiger partial charge in [0.1, 0.15) is 0 Å². The number of allylic oxidation sites excluding steroid dienone is 8. The number of fused-ring (bicyclic) bond motifs is 6. The van der Waals surface area contributed by atoms with Crippen LogP contribution in [0.4, 0.5) is 0 Å². The Morgan fingerprint density at radius 1 is 0.625 bits per heavy atom. The zero-order valence-electron chi connectivity index (χ0n) is 18.0. The minimum Gasteiger partial charge on any atom is -0.134 e. The third-order valence-corrected chi connectivity index (χ3v) is 9.95. The highest BCUT2D eigenvalue weighted by Crippen LogP contribution is 2.46. The molecule has 0 radical (unpaired) electrons. The van der Waals surface area contributed by atoms with Crippen LogP contribution < -0.4 is 0 Å². The highest BCUT2D eigenvalue weighted by atomic mass is 32.1. The van der Waals surface area contributed by atoms with Crippen molar-refractivity contribution >= 4 is 96.5 Å². The Morgan fingerprint density at radius 3 is 1.47 bits per heavy atom. The summed E-state index contributed by atoms with van der Waals surface area (Å²) in [5.41, 5.74) is 2.42. The van der Waals surface area contributed by atoms with Gasteiger partial charge in [-0.2, -0.15) is 0 Å². The molecule has 0 aliphatic heterocycles. The number of hydrogen-bond acceptors (Lipinski definition) is 4. The van der Waals surface area contributed by atoms with E-state index in [9.17, 15) is 0 Å². The van der Waals surface area contributed by atoms with Gasteiger partial charge < -0.3 is 0 Å². The van der Waals surface area contributed by atoms with E-state index in [2.05, 4.69) is 75.6 Å². The summed E-state index contributed by atoms with van der Waals surface area (Å²) < 4.78 is 8.33. The summed E-state index contributed by atoms with van der Waals surface area (Å²) in [5, 5.41) is 2.78. The molecule has 0 aliphatic rings. The Labute approximate surface area is 204 Å². The minimum absolute atomic E-state index is 1.21. The van der Waals surface area contributed by atoms with Crippen LogP contribution >= 0.6 is 45.3 Å². The Balaban J connectivity index is 1.55. The molecule has 0 atom stereocenters. The van der Waals surface area contributed by atoms with Gasteiger partial charge in [0.2, 0.25) is 0 Å². The van der Waals surface area contributed by atoms with Crippen molar-refractivity contribution in [3.05, 3.63) is 94.8 Å². The Morgan fingerprint density at radius 2 is 1.06 bits per heavy atom. The summed E-state index contributed by atoms with van der Waals surface area (Å²) in [7, 11) is 0. The first-order chi connectivity index (χ1) is 15.6. The molecule has 0 fully saturated rings. The summed E-state index contributed by atoms with van der Waals surface area (Å²) in [6.45, 7) is 11.7. The molecule has 4 heteroatoms. The molecule has 0 spiro atoms. The van der Waals surface area contributed by atoms with E-state index in [1.807, 2.05) is 69.7 Å². The zero-order valence-corrected chi connectivity index (χ0v) is 21.2. The fraction of sp³-hybridized carbons (Fsp3) is 0.0714. The van der Waals surface area contributed by atoms with Crippen molar-refractivity contribution in [3.8, 4) is 0 Å². The van der Waals surface area contributed by atoms with Gasteiger partial charge >= 0.3 is 0 Å². The van der Waals surface area contributed by atoms with Gasteiger partial charge in [-0.05, 0) is 50.3 Å². The van der Waals surface area contributed by atoms with Gasteiger partial charge in [-0.3, -0.25) is 0 Å². The summed E-state index contributed by atoms with van der Waals surface area (Å²) in [6, 6.07) is 9.44. The zero-order chi connectivity index (χ0) is 22.2. The van der Waals surface area contributed by atoms with Crippen molar-refractivity contribution < 1.29 is 0 Å². The van der Waals surface area contributed by atoms with Gasteiger partial charge in [0.25, 0.3) is 0 Å². The molecule has 0 aliphatic carbocycles. The molecule has 0 unspecified atom stereocenters. The first-order valence-corrected chi connectivity index (χ1v) is 13.6. The second kappa shape index (κ2) is 8.80. The van der Waals surface area contributed by atoms with E-state index < -0.39 is 0 Å². The third-order valence-electron chi connectivity index (χ3n) is 5.23. The van der Waals surface area contributed by atoms with Crippen LogP contribution in [0.1, 0.15) is 23.6 Å². The van der Waals surface area contributed by atoms with E-state index in [4.69, 9.17) is 0 Å². The van der Waals surface area contributed by atoms with Gasteiger partial charge in [0.15, 0.2) is 0 Å². The molecule has 1 aromatic carbocycles. The highest BCUT2D eigenvalue weighted by Gasteiger charge is 2.14. The first-order valence-electron chi connectivity index (χ1n) is 10.3. The standard InChI is InChI=1S/C28H22S4/c1-5-7-17(3)9-11-19-13-25-27(29-19)21-15-24-22(16-23(21)31-25)28-26(32-24)14-20(30-28)12-10-18(4)8-6-2/h5-16H,1-2H2,3-4H3. The van der Waals surface area contributed by atoms with Crippen molar-refractivity contribution in [2.45, 2.75) is 13.8 Å². The third kappa shape index (κ3) is 4.00. The predicted molar refractivity (Wildman–Crippen MR) is 154 cm³/mol. The SMILES string of the molecule is C=CC=C(C)C=Cc1cc2sc3cc4c(cc3c2s1)sc1cc(C=CC(C)=CC=C)sc14. The molecule has 158 valence electrons. The average molecular weight is 487 g/mol. The van der Waals surface area contributed by atoms with Gasteiger partial charge in [-0.15, -0.1) is 45.3 Å². The minimum atomic E-state index is 1.21. The maximum absolute atomic E-state index is 3.77. The maximum atomic E-state index is 3.77. The van der Waals surface area contributed by atoms with Crippen LogP contribution in [0.15, 0.2) is 85.0 Å². The molecule has 0 N–H and O–H groups in total. The summed E-state index contributed by atoms with van der Waals surface area (Å²) >= 11 is 7.57. The Kier molecular flexibility index (Phi) is 5.87. The lowest BCUT2D eigenvalue weighted by Gasteiger charge is -1.93. The fourth-order valence-electron chi connectivity index (χ4n) is 3.71. The maximum Gasteiger partial charge on any atom is 0.0536 e. The quantitative estimate of drug-likeness (QED) is 0.209. The lowest BCUT2D eigenvalue weighted by molar-refractivity contribution is 1.54. The molecule has 0 saturated carbocycles. The van der Waals surface area contributed by atoms with Crippen molar-refractivity contribution in [1.29, 1.82) is 0 Å². The van der Waals surface area contributed by atoms with Crippen LogP contribution in [0.25, 0.3) is 51.1 Å². The van der Waals surface area contributed by atoms with Gasteiger partial charge in [-0.25, -0.2) is 0 Å². The number of hydrogen-bond donors (Lipinski definition) is 0. The Bertz CT molecular complexity index is 1490. The number of rotatable bonds is 6. The smallest absolute Gasteiger partial charge is 0.0536 e. The molecule has 4 heterocycles. The summed E-state index contributed by atoms with van der Waals surface area (Å²) in [5.74, 6) is 0.